The van der Waals surface area contributed by atoms with Gasteiger partial charge >= 0.3 is 0 Å². The average molecular weight is 635 g/mol. The maximum atomic E-state index is 13.9. The van der Waals surface area contributed by atoms with E-state index in [9.17, 15) is 18.0 Å². The minimum atomic E-state index is -4.12. The summed E-state index contributed by atoms with van der Waals surface area (Å²) in [6, 6.07) is 19.2. The standard InChI is InChI=1S/C29H33BrClN3O4S/c1-5-21(3)32-29(36)22(4)33(18-23-11-13-25(31)14-12-23)28(35)19-34(26-8-6-7-24(30)17-26)39(37,38)27-15-9-20(2)10-16-27/h6-17,21-22H,5,18-19H2,1-4H3,(H,32,36)/t21-,22+/m0/s1. The third-order valence-corrected chi connectivity index (χ3v) is 8.95. The Morgan fingerprint density at radius 3 is 2.23 bits per heavy atom. The van der Waals surface area contributed by atoms with Crippen molar-refractivity contribution in [3.8, 4) is 0 Å². The van der Waals surface area contributed by atoms with E-state index in [1.165, 1.54) is 17.0 Å². The topological polar surface area (TPSA) is 86.8 Å². The number of benzene rings is 3. The number of sulfonamides is 1. The van der Waals surface area contributed by atoms with Crippen molar-refractivity contribution in [1.82, 2.24) is 10.2 Å². The quantitative estimate of drug-likeness (QED) is 0.283. The zero-order chi connectivity index (χ0) is 28.7. The number of hydrogen-bond acceptors (Lipinski definition) is 4. The fraction of sp³-hybridized carbons (Fsp3) is 0.310. The minimum Gasteiger partial charge on any atom is -0.352 e. The molecule has 0 fully saturated rings. The van der Waals surface area contributed by atoms with Crippen LogP contribution in [0.3, 0.4) is 0 Å². The van der Waals surface area contributed by atoms with E-state index in [0.717, 1.165) is 21.9 Å². The molecule has 0 bridgehead atoms. The number of nitrogens with one attached hydrogen (secondary N) is 1. The first kappa shape index (κ1) is 30.7. The van der Waals surface area contributed by atoms with E-state index < -0.39 is 28.5 Å². The van der Waals surface area contributed by atoms with Crippen LogP contribution in [0.5, 0.6) is 0 Å². The van der Waals surface area contributed by atoms with E-state index in [-0.39, 0.29) is 23.4 Å². The van der Waals surface area contributed by atoms with E-state index >= 15 is 0 Å². The van der Waals surface area contributed by atoms with Gasteiger partial charge in [-0.25, -0.2) is 8.42 Å². The number of nitrogens with zero attached hydrogens (tertiary/aromatic N) is 2. The van der Waals surface area contributed by atoms with Gasteiger partial charge in [0.25, 0.3) is 10.0 Å². The Labute approximate surface area is 244 Å². The van der Waals surface area contributed by atoms with Gasteiger partial charge in [0.05, 0.1) is 10.6 Å². The molecule has 1 N–H and O–H groups in total. The van der Waals surface area contributed by atoms with Crippen molar-refractivity contribution in [3.05, 3.63) is 93.4 Å². The summed E-state index contributed by atoms with van der Waals surface area (Å²) >= 11 is 9.44. The van der Waals surface area contributed by atoms with Gasteiger partial charge in [-0.15, -0.1) is 0 Å². The molecule has 39 heavy (non-hydrogen) atoms. The number of carbonyl (C=O) groups is 2. The third kappa shape index (κ3) is 8.06. The molecule has 0 spiro atoms. The van der Waals surface area contributed by atoms with Crippen molar-refractivity contribution in [2.45, 2.75) is 57.6 Å². The second-order valence-electron chi connectivity index (χ2n) is 9.45. The first-order valence-electron chi connectivity index (χ1n) is 12.6. The summed E-state index contributed by atoms with van der Waals surface area (Å²) in [5.41, 5.74) is 1.99. The van der Waals surface area contributed by atoms with Crippen LogP contribution in [0.2, 0.25) is 5.02 Å². The number of anilines is 1. The van der Waals surface area contributed by atoms with Crippen LogP contribution in [0.4, 0.5) is 5.69 Å². The van der Waals surface area contributed by atoms with Gasteiger partial charge in [-0.2, -0.15) is 0 Å². The van der Waals surface area contributed by atoms with E-state index in [1.54, 1.807) is 67.6 Å². The molecule has 0 aliphatic heterocycles. The molecule has 0 radical (unpaired) electrons. The molecular weight excluding hydrogens is 602 g/mol. The first-order valence-corrected chi connectivity index (χ1v) is 15.2. The molecule has 0 saturated heterocycles. The van der Waals surface area contributed by atoms with Crippen LogP contribution in [0.15, 0.2) is 82.2 Å². The van der Waals surface area contributed by atoms with Crippen LogP contribution in [0, 0.1) is 6.92 Å². The lowest BCUT2D eigenvalue weighted by Gasteiger charge is -2.32. The zero-order valence-corrected chi connectivity index (χ0v) is 25.6. The van der Waals surface area contributed by atoms with E-state index in [4.69, 9.17) is 11.6 Å². The summed E-state index contributed by atoms with van der Waals surface area (Å²) in [7, 11) is -4.12. The Morgan fingerprint density at radius 1 is 1.00 bits per heavy atom. The third-order valence-electron chi connectivity index (χ3n) is 6.42. The fourth-order valence-electron chi connectivity index (χ4n) is 3.83. The molecule has 208 valence electrons. The van der Waals surface area contributed by atoms with Crippen molar-refractivity contribution in [1.29, 1.82) is 0 Å². The molecule has 0 unspecified atom stereocenters. The molecule has 0 aliphatic rings. The van der Waals surface area contributed by atoms with Crippen LogP contribution >= 0.6 is 27.5 Å². The molecule has 0 heterocycles. The summed E-state index contributed by atoms with van der Waals surface area (Å²) in [5, 5.41) is 3.47. The monoisotopic (exact) mass is 633 g/mol. The van der Waals surface area contributed by atoms with Crippen LogP contribution in [0.25, 0.3) is 0 Å². The van der Waals surface area contributed by atoms with Gasteiger partial charge in [-0.1, -0.05) is 70.3 Å². The molecule has 10 heteroatoms. The number of rotatable bonds is 11. The summed E-state index contributed by atoms with van der Waals surface area (Å²) in [6.45, 7) is 6.95. The lowest BCUT2D eigenvalue weighted by Crippen LogP contribution is -2.52. The highest BCUT2D eigenvalue weighted by Gasteiger charge is 2.32. The lowest BCUT2D eigenvalue weighted by atomic mass is 10.1. The Hall–Kier alpha value is -2.88. The van der Waals surface area contributed by atoms with Gasteiger partial charge in [0.2, 0.25) is 11.8 Å². The van der Waals surface area contributed by atoms with Crippen LogP contribution in [-0.2, 0) is 26.2 Å². The number of hydrogen-bond donors (Lipinski definition) is 1. The average Bonchev–Trinajstić information content (AvgIpc) is 2.90. The van der Waals surface area contributed by atoms with Gasteiger partial charge in [0.1, 0.15) is 12.6 Å². The van der Waals surface area contributed by atoms with Gasteiger partial charge in [0, 0.05) is 22.1 Å². The predicted molar refractivity (Wildman–Crippen MR) is 159 cm³/mol. The Morgan fingerprint density at radius 2 is 1.64 bits per heavy atom. The zero-order valence-electron chi connectivity index (χ0n) is 22.4. The van der Waals surface area contributed by atoms with Gasteiger partial charge in [0.15, 0.2) is 0 Å². The molecule has 0 saturated carbocycles. The predicted octanol–water partition coefficient (Wildman–Crippen LogP) is 5.94. The number of aryl methyl sites for hydroxylation is 1. The summed E-state index contributed by atoms with van der Waals surface area (Å²) in [4.78, 5) is 28.5. The molecule has 2 amide bonds. The maximum Gasteiger partial charge on any atom is 0.264 e. The molecule has 2 atom stereocenters. The van der Waals surface area contributed by atoms with Gasteiger partial charge in [-0.3, -0.25) is 13.9 Å². The summed E-state index contributed by atoms with van der Waals surface area (Å²) in [6.07, 6.45) is 0.731. The highest BCUT2D eigenvalue weighted by molar-refractivity contribution is 9.10. The summed E-state index contributed by atoms with van der Waals surface area (Å²) in [5.74, 6) is -0.838. The molecule has 3 aromatic carbocycles. The van der Waals surface area contributed by atoms with Crippen molar-refractivity contribution in [3.63, 3.8) is 0 Å². The molecule has 0 aromatic heterocycles. The van der Waals surface area contributed by atoms with Crippen LogP contribution in [-0.4, -0.2) is 43.8 Å². The molecular formula is C29H33BrClN3O4S. The smallest absolute Gasteiger partial charge is 0.264 e. The number of amides is 2. The van der Waals surface area contributed by atoms with Crippen LogP contribution in [0.1, 0.15) is 38.3 Å². The molecule has 7 nitrogen and oxygen atoms in total. The second kappa shape index (κ2) is 13.5. The molecule has 0 aliphatic carbocycles. The van der Waals surface area contributed by atoms with E-state index in [1.807, 2.05) is 20.8 Å². The number of halogens is 2. The molecule has 3 rings (SSSR count). The van der Waals surface area contributed by atoms with E-state index in [0.29, 0.717) is 15.2 Å². The Balaban J connectivity index is 2.02. The maximum absolute atomic E-state index is 13.9. The SMILES string of the molecule is CC[C@H](C)NC(=O)[C@@H](C)N(Cc1ccc(Cl)cc1)C(=O)CN(c1cccc(Br)c1)S(=O)(=O)c1ccc(C)cc1. The summed E-state index contributed by atoms with van der Waals surface area (Å²) < 4.78 is 29.4. The Kier molecular flexibility index (Phi) is 10.6. The van der Waals surface area contributed by atoms with Crippen molar-refractivity contribution in [2.24, 2.45) is 0 Å². The van der Waals surface area contributed by atoms with E-state index in [2.05, 4.69) is 21.2 Å². The molecule has 3 aromatic rings. The van der Waals surface area contributed by atoms with Gasteiger partial charge < -0.3 is 10.2 Å². The van der Waals surface area contributed by atoms with Gasteiger partial charge in [-0.05, 0) is 75.2 Å². The second-order valence-corrected chi connectivity index (χ2v) is 12.7. The number of carbonyl (C=O) groups excluding carboxylic acids is 2. The fourth-order valence-corrected chi connectivity index (χ4v) is 5.75. The van der Waals surface area contributed by atoms with Crippen molar-refractivity contribution >= 4 is 55.1 Å². The Bertz CT molecular complexity index is 1400. The van der Waals surface area contributed by atoms with Crippen molar-refractivity contribution in [2.75, 3.05) is 10.8 Å². The van der Waals surface area contributed by atoms with Crippen molar-refractivity contribution < 1.29 is 18.0 Å². The largest absolute Gasteiger partial charge is 0.352 e. The minimum absolute atomic E-state index is 0.0627. The normalized spacial score (nSPS) is 12.9. The van der Waals surface area contributed by atoms with Crippen LogP contribution < -0.4 is 9.62 Å². The highest BCUT2D eigenvalue weighted by Crippen LogP contribution is 2.27. The first-order chi connectivity index (χ1) is 18.4. The lowest BCUT2D eigenvalue weighted by molar-refractivity contribution is -0.139. The highest BCUT2D eigenvalue weighted by atomic mass is 79.9.